The number of amides is 2. The van der Waals surface area contributed by atoms with E-state index in [-0.39, 0.29) is 18.5 Å². The number of para-hydroxylation sites is 1. The number of carbonyl (C=O) groups is 2. The van der Waals surface area contributed by atoms with E-state index < -0.39 is 5.97 Å². The normalized spacial score (nSPS) is 11.5. The Labute approximate surface area is 124 Å². The fourth-order valence-corrected chi connectivity index (χ4v) is 1.76. The van der Waals surface area contributed by atoms with Crippen LogP contribution < -0.4 is 15.4 Å². The predicted molar refractivity (Wildman–Crippen MR) is 79.4 cm³/mol. The molecule has 0 saturated heterocycles. The Hall–Kier alpha value is -2.24. The Kier molecular flexibility index (Phi) is 7.71. The quantitative estimate of drug-likeness (QED) is 0.608. The summed E-state index contributed by atoms with van der Waals surface area (Å²) in [4.78, 5) is 21.9. The van der Waals surface area contributed by atoms with Gasteiger partial charge >= 0.3 is 12.0 Å². The summed E-state index contributed by atoms with van der Waals surface area (Å²) < 4.78 is 5.44. The Morgan fingerprint density at radius 1 is 1.29 bits per heavy atom. The Bertz CT molecular complexity index is 437. The van der Waals surface area contributed by atoms with Crippen molar-refractivity contribution in [3.05, 3.63) is 30.3 Å². The molecular formula is C15H22N2O4. The highest BCUT2D eigenvalue weighted by Gasteiger charge is 2.07. The molecule has 0 aliphatic rings. The lowest BCUT2D eigenvalue weighted by molar-refractivity contribution is -0.137. The SMILES string of the molecule is CC(CCCC(=O)O)NC(=O)NCCOc1ccccc1. The van der Waals surface area contributed by atoms with Gasteiger partial charge in [-0.05, 0) is 31.9 Å². The standard InChI is InChI=1S/C15H22N2O4/c1-12(6-5-9-14(18)19)17-15(20)16-10-11-21-13-7-3-2-4-8-13/h2-4,7-8,12H,5-6,9-11H2,1H3,(H,18,19)(H2,16,17,20). The highest BCUT2D eigenvalue weighted by atomic mass is 16.5. The van der Waals surface area contributed by atoms with E-state index in [2.05, 4.69) is 10.6 Å². The predicted octanol–water partition coefficient (Wildman–Crippen LogP) is 2.01. The van der Waals surface area contributed by atoms with Crippen LogP contribution in [0.25, 0.3) is 0 Å². The van der Waals surface area contributed by atoms with Crippen LogP contribution in [0.5, 0.6) is 5.75 Å². The largest absolute Gasteiger partial charge is 0.492 e. The number of benzene rings is 1. The summed E-state index contributed by atoms with van der Waals surface area (Å²) in [6.45, 7) is 2.65. The topological polar surface area (TPSA) is 87.7 Å². The molecule has 1 aromatic carbocycles. The molecule has 6 heteroatoms. The maximum Gasteiger partial charge on any atom is 0.315 e. The first-order chi connectivity index (χ1) is 10.1. The van der Waals surface area contributed by atoms with Crippen molar-refractivity contribution in [2.75, 3.05) is 13.2 Å². The molecule has 0 saturated carbocycles. The number of aliphatic carboxylic acids is 1. The van der Waals surface area contributed by atoms with E-state index in [1.807, 2.05) is 37.3 Å². The van der Waals surface area contributed by atoms with Crippen molar-refractivity contribution in [3.8, 4) is 5.75 Å². The van der Waals surface area contributed by atoms with Crippen LogP contribution in [0.3, 0.4) is 0 Å². The van der Waals surface area contributed by atoms with Crippen LogP contribution in [0.2, 0.25) is 0 Å². The second-order valence-corrected chi connectivity index (χ2v) is 4.75. The van der Waals surface area contributed by atoms with Crippen molar-refractivity contribution >= 4 is 12.0 Å². The van der Waals surface area contributed by atoms with Gasteiger partial charge in [0.05, 0.1) is 6.54 Å². The maximum atomic E-state index is 11.6. The number of carboxylic acids is 1. The molecule has 1 atom stereocenters. The average molecular weight is 294 g/mol. The van der Waals surface area contributed by atoms with Gasteiger partial charge in [0.25, 0.3) is 0 Å². The molecular weight excluding hydrogens is 272 g/mol. The van der Waals surface area contributed by atoms with Gasteiger partial charge in [-0.15, -0.1) is 0 Å². The zero-order valence-corrected chi connectivity index (χ0v) is 12.2. The molecule has 1 aromatic rings. The highest BCUT2D eigenvalue weighted by molar-refractivity contribution is 5.74. The zero-order valence-electron chi connectivity index (χ0n) is 12.2. The molecule has 3 N–H and O–H groups in total. The summed E-state index contributed by atoms with van der Waals surface area (Å²) in [5, 5.41) is 14.0. The third-order valence-corrected chi connectivity index (χ3v) is 2.80. The van der Waals surface area contributed by atoms with E-state index in [4.69, 9.17) is 9.84 Å². The van der Waals surface area contributed by atoms with Crippen molar-refractivity contribution in [1.29, 1.82) is 0 Å². The molecule has 6 nitrogen and oxygen atoms in total. The van der Waals surface area contributed by atoms with Crippen LogP contribution in [0.4, 0.5) is 4.79 Å². The smallest absolute Gasteiger partial charge is 0.315 e. The van der Waals surface area contributed by atoms with Gasteiger partial charge in [0.1, 0.15) is 12.4 Å². The van der Waals surface area contributed by atoms with Crippen molar-refractivity contribution in [3.63, 3.8) is 0 Å². The number of carboxylic acid groups (broad SMARTS) is 1. The molecule has 116 valence electrons. The number of urea groups is 1. The molecule has 1 rings (SSSR count). The lowest BCUT2D eigenvalue weighted by atomic mass is 10.1. The van der Waals surface area contributed by atoms with Crippen LogP contribution in [0.15, 0.2) is 30.3 Å². The van der Waals surface area contributed by atoms with E-state index >= 15 is 0 Å². The maximum absolute atomic E-state index is 11.6. The summed E-state index contributed by atoms with van der Waals surface area (Å²) in [5.74, 6) is -0.0496. The first-order valence-electron chi connectivity index (χ1n) is 7.02. The van der Waals surface area contributed by atoms with E-state index in [0.29, 0.717) is 26.0 Å². The fraction of sp³-hybridized carbons (Fsp3) is 0.467. The van der Waals surface area contributed by atoms with Gasteiger partial charge in [0.15, 0.2) is 0 Å². The first kappa shape index (κ1) is 16.8. The van der Waals surface area contributed by atoms with Crippen molar-refractivity contribution < 1.29 is 19.4 Å². The highest BCUT2D eigenvalue weighted by Crippen LogP contribution is 2.07. The van der Waals surface area contributed by atoms with Gasteiger partial charge < -0.3 is 20.5 Å². The van der Waals surface area contributed by atoms with Gasteiger partial charge in [-0.3, -0.25) is 4.79 Å². The Morgan fingerprint density at radius 2 is 2.00 bits per heavy atom. The molecule has 0 aliphatic carbocycles. The van der Waals surface area contributed by atoms with Gasteiger partial charge in [0.2, 0.25) is 0 Å². The number of carbonyl (C=O) groups excluding carboxylic acids is 1. The monoisotopic (exact) mass is 294 g/mol. The minimum Gasteiger partial charge on any atom is -0.492 e. The van der Waals surface area contributed by atoms with E-state index in [9.17, 15) is 9.59 Å². The Morgan fingerprint density at radius 3 is 2.67 bits per heavy atom. The zero-order chi connectivity index (χ0) is 15.5. The minimum absolute atomic E-state index is 0.0561. The second-order valence-electron chi connectivity index (χ2n) is 4.75. The molecule has 2 amide bonds. The number of hydrogen-bond acceptors (Lipinski definition) is 3. The van der Waals surface area contributed by atoms with Crippen LogP contribution in [0.1, 0.15) is 26.2 Å². The Balaban J connectivity index is 2.06. The lowest BCUT2D eigenvalue weighted by Crippen LogP contribution is -2.42. The summed E-state index contributed by atoms with van der Waals surface area (Å²) >= 11 is 0. The van der Waals surface area contributed by atoms with Crippen molar-refractivity contribution in [2.45, 2.75) is 32.2 Å². The molecule has 0 spiro atoms. The molecule has 1 unspecified atom stereocenters. The number of rotatable bonds is 9. The van der Waals surface area contributed by atoms with Crippen LogP contribution >= 0.6 is 0 Å². The number of ether oxygens (including phenoxy) is 1. The van der Waals surface area contributed by atoms with Crippen LogP contribution in [-0.4, -0.2) is 36.3 Å². The molecule has 0 aliphatic heterocycles. The number of nitrogens with one attached hydrogen (secondary N) is 2. The number of hydrogen-bond donors (Lipinski definition) is 3. The second kappa shape index (κ2) is 9.63. The van der Waals surface area contributed by atoms with Gasteiger partial charge in [-0.1, -0.05) is 18.2 Å². The van der Waals surface area contributed by atoms with Crippen molar-refractivity contribution in [2.24, 2.45) is 0 Å². The van der Waals surface area contributed by atoms with Gasteiger partial charge in [-0.25, -0.2) is 4.79 Å². The minimum atomic E-state index is -0.815. The van der Waals surface area contributed by atoms with Gasteiger partial charge in [0, 0.05) is 12.5 Å². The molecule has 0 fully saturated rings. The van der Waals surface area contributed by atoms with E-state index in [1.165, 1.54) is 0 Å². The average Bonchev–Trinajstić information content (AvgIpc) is 2.44. The molecule has 0 heterocycles. The van der Waals surface area contributed by atoms with Crippen molar-refractivity contribution in [1.82, 2.24) is 10.6 Å². The first-order valence-corrected chi connectivity index (χ1v) is 7.02. The lowest BCUT2D eigenvalue weighted by Gasteiger charge is -2.14. The summed E-state index contributed by atoms with van der Waals surface area (Å²) in [6, 6.07) is 9.05. The molecule has 0 radical (unpaired) electrons. The molecule has 21 heavy (non-hydrogen) atoms. The van der Waals surface area contributed by atoms with E-state index in [1.54, 1.807) is 0 Å². The van der Waals surface area contributed by atoms with Crippen LogP contribution in [0, 0.1) is 0 Å². The molecule has 0 bridgehead atoms. The summed E-state index contributed by atoms with van der Waals surface area (Å²) in [5.41, 5.74) is 0. The summed E-state index contributed by atoms with van der Waals surface area (Å²) in [7, 11) is 0. The fourth-order valence-electron chi connectivity index (χ4n) is 1.76. The molecule has 0 aromatic heterocycles. The summed E-state index contributed by atoms with van der Waals surface area (Å²) in [6.07, 6.45) is 1.31. The van der Waals surface area contributed by atoms with Crippen LogP contribution in [-0.2, 0) is 4.79 Å². The van der Waals surface area contributed by atoms with Gasteiger partial charge in [-0.2, -0.15) is 0 Å². The van der Waals surface area contributed by atoms with E-state index in [0.717, 1.165) is 5.75 Å². The third-order valence-electron chi connectivity index (χ3n) is 2.80. The third kappa shape index (κ3) is 8.52.